The van der Waals surface area contributed by atoms with Gasteiger partial charge in [0.2, 0.25) is 0 Å². The van der Waals surface area contributed by atoms with Crippen molar-refractivity contribution in [1.29, 1.82) is 0 Å². The van der Waals surface area contributed by atoms with Crippen LogP contribution in [0.15, 0.2) is 0 Å². The molecule has 0 aromatic rings. The molecule has 4 fully saturated rings. The summed E-state index contributed by atoms with van der Waals surface area (Å²) in [6, 6.07) is -0.179. The number of rotatable bonds is 23. The molecule has 0 radical (unpaired) electrons. The lowest BCUT2D eigenvalue weighted by Gasteiger charge is -2.61. The minimum Gasteiger partial charge on any atom is -0.465 e. The molecule has 0 spiro atoms. The lowest BCUT2D eigenvalue weighted by Crippen LogP contribution is -2.57. The van der Waals surface area contributed by atoms with E-state index in [4.69, 9.17) is 4.74 Å². The molecule has 0 aromatic carbocycles. The van der Waals surface area contributed by atoms with Gasteiger partial charge in [-0.3, -0.25) is 0 Å². The third kappa shape index (κ3) is 13.3. The second kappa shape index (κ2) is 22.2. The van der Waals surface area contributed by atoms with Gasteiger partial charge in [-0.1, -0.05) is 165 Å². The number of unbranched alkanes of at least 4 members (excludes halogenated alkanes) is 15. The maximum absolute atomic E-state index is 13.7. The van der Waals surface area contributed by atoms with Crippen molar-refractivity contribution in [3.63, 3.8) is 0 Å². The topological polar surface area (TPSA) is 87.7 Å². The highest BCUT2D eigenvalue weighted by Gasteiger charge is 2.57. The van der Waals surface area contributed by atoms with E-state index in [-0.39, 0.29) is 34.4 Å². The number of alkyl carbamates (subject to hydrolysis) is 1. The van der Waals surface area contributed by atoms with E-state index < -0.39 is 6.09 Å². The Labute approximate surface area is 346 Å². The third-order valence-corrected chi connectivity index (χ3v) is 17.0. The smallest absolute Gasteiger partial charge is 0.407 e. The van der Waals surface area contributed by atoms with Crippen LogP contribution in [0.5, 0.6) is 0 Å². The largest absolute Gasteiger partial charge is 0.465 e. The maximum atomic E-state index is 13.7. The number of carbonyl (C=O) groups is 2. The van der Waals surface area contributed by atoms with Crippen LogP contribution in [-0.2, 0) is 4.74 Å². The Hall–Kier alpha value is -1.46. The van der Waals surface area contributed by atoms with Crippen LogP contribution < -0.4 is 10.6 Å². The molecular formula is C50H92N2O4. The minimum atomic E-state index is -0.934. The number of hydrogen-bond donors (Lipinski definition) is 3. The normalized spacial score (nSPS) is 33.3. The first-order valence-electron chi connectivity index (χ1n) is 24.6. The zero-order valence-corrected chi connectivity index (χ0v) is 38.2. The van der Waals surface area contributed by atoms with Gasteiger partial charge in [0.25, 0.3) is 0 Å². The van der Waals surface area contributed by atoms with Gasteiger partial charge in [-0.2, -0.15) is 0 Å². The molecule has 4 aliphatic carbocycles. The second-order valence-electron chi connectivity index (χ2n) is 22.0. The molecule has 326 valence electrons. The molecule has 0 saturated heterocycles. The summed E-state index contributed by atoms with van der Waals surface area (Å²) in [7, 11) is 0. The van der Waals surface area contributed by atoms with Crippen molar-refractivity contribution in [1.82, 2.24) is 10.6 Å². The van der Waals surface area contributed by atoms with Gasteiger partial charge >= 0.3 is 12.2 Å². The molecule has 0 aliphatic heterocycles. The van der Waals surface area contributed by atoms with E-state index in [1.807, 2.05) is 0 Å². The summed E-state index contributed by atoms with van der Waals surface area (Å²) in [4.78, 5) is 25.8. The van der Waals surface area contributed by atoms with E-state index in [0.717, 1.165) is 68.6 Å². The Morgan fingerprint density at radius 1 is 0.732 bits per heavy atom. The van der Waals surface area contributed by atoms with Crippen LogP contribution in [-0.4, -0.2) is 36.0 Å². The average Bonchev–Trinajstić information content (AvgIpc) is 3.14. The fraction of sp³-hybridized carbons (Fsp3) is 0.960. The van der Waals surface area contributed by atoms with Crippen molar-refractivity contribution >= 4 is 12.2 Å². The van der Waals surface area contributed by atoms with Crippen LogP contribution in [0.3, 0.4) is 0 Å². The number of carboxylic acid groups (broad SMARTS) is 1. The molecule has 0 heterocycles. The van der Waals surface area contributed by atoms with Gasteiger partial charge in [0.1, 0.15) is 0 Å². The Morgan fingerprint density at radius 3 is 1.89 bits per heavy atom. The Bertz CT molecular complexity index is 1170. The predicted molar refractivity (Wildman–Crippen MR) is 235 cm³/mol. The summed E-state index contributed by atoms with van der Waals surface area (Å²) < 4.78 is 6.26. The van der Waals surface area contributed by atoms with Crippen molar-refractivity contribution in [3.05, 3.63) is 0 Å². The van der Waals surface area contributed by atoms with E-state index >= 15 is 0 Å². The quantitative estimate of drug-likeness (QED) is 0.0901. The van der Waals surface area contributed by atoms with Crippen LogP contribution in [0.25, 0.3) is 0 Å². The number of hydrogen-bond acceptors (Lipinski definition) is 3. The summed E-state index contributed by atoms with van der Waals surface area (Å²) in [5.74, 6) is 3.97. The average molecular weight is 785 g/mol. The van der Waals surface area contributed by atoms with Crippen LogP contribution >= 0.6 is 0 Å². The first kappa shape index (κ1) is 47.2. The molecule has 2 amide bonds. The standard InChI is InChI=1S/C50H92N2O4/c1-9-10-11-12-13-14-15-16-17-18-19-20-21-22-23-24-26-43(51-45(53)54)48(6)34-33-47(4,5)44(36-48)52-46(55)56-37-49(7)31-25-32-50(8)41-29-27-39(38(2)3)35-40(41)28-30-42(49)50/h38-44,51H,9-37H2,1-8H3,(H,52,55)(H,53,54). The molecule has 3 N–H and O–H groups in total. The Balaban J connectivity index is 1.20. The van der Waals surface area contributed by atoms with Crippen molar-refractivity contribution in [3.8, 4) is 0 Å². The van der Waals surface area contributed by atoms with Gasteiger partial charge in [-0.15, -0.1) is 0 Å². The Morgan fingerprint density at radius 2 is 1.32 bits per heavy atom. The fourth-order valence-corrected chi connectivity index (χ4v) is 13.0. The van der Waals surface area contributed by atoms with Gasteiger partial charge in [0.15, 0.2) is 0 Å². The van der Waals surface area contributed by atoms with E-state index in [0.29, 0.717) is 17.9 Å². The molecule has 56 heavy (non-hydrogen) atoms. The number of fused-ring (bicyclic) bond motifs is 3. The van der Waals surface area contributed by atoms with Gasteiger partial charge in [0, 0.05) is 17.5 Å². The molecule has 9 unspecified atom stereocenters. The summed E-state index contributed by atoms with van der Waals surface area (Å²) in [5, 5.41) is 16.2. The van der Waals surface area contributed by atoms with Gasteiger partial charge in [0.05, 0.1) is 6.61 Å². The van der Waals surface area contributed by atoms with Crippen LogP contribution in [0.4, 0.5) is 9.59 Å². The third-order valence-electron chi connectivity index (χ3n) is 17.0. The molecule has 0 bridgehead atoms. The van der Waals surface area contributed by atoms with Gasteiger partial charge in [-0.25, -0.2) is 9.59 Å². The predicted octanol–water partition coefficient (Wildman–Crippen LogP) is 14.9. The molecular weight excluding hydrogens is 693 g/mol. The summed E-state index contributed by atoms with van der Waals surface area (Å²) in [5.41, 5.74) is 0.0700. The van der Waals surface area contributed by atoms with Crippen molar-refractivity contribution < 1.29 is 19.4 Å². The molecule has 6 heteroatoms. The number of nitrogens with one attached hydrogen (secondary N) is 2. The number of carbonyl (C=O) groups excluding carboxylic acids is 1. The molecule has 4 aliphatic rings. The summed E-state index contributed by atoms with van der Waals surface area (Å²) in [6.07, 6.45) is 34.2. The SMILES string of the molecule is CCCCCCCCCCCCCCCCCCC(NC(=O)O)C1(C)CCC(C)(C)C(NC(=O)OCC2(C)CCCC3(C)C4CCC(C(C)C)CC4CCC23)C1. The summed E-state index contributed by atoms with van der Waals surface area (Å²) >= 11 is 0. The maximum Gasteiger partial charge on any atom is 0.407 e. The van der Waals surface area contributed by atoms with E-state index in [2.05, 4.69) is 66.0 Å². The number of ether oxygens (including phenoxy) is 1. The minimum absolute atomic E-state index is 0.0181. The van der Waals surface area contributed by atoms with Crippen LogP contribution in [0, 0.1) is 51.2 Å². The van der Waals surface area contributed by atoms with Crippen molar-refractivity contribution in [2.45, 2.75) is 247 Å². The lowest BCUT2D eigenvalue weighted by molar-refractivity contribution is -0.136. The van der Waals surface area contributed by atoms with Crippen molar-refractivity contribution in [2.24, 2.45) is 51.2 Å². The molecule has 9 atom stereocenters. The molecule has 6 nitrogen and oxygen atoms in total. The molecule has 0 aromatic heterocycles. The zero-order chi connectivity index (χ0) is 40.8. The van der Waals surface area contributed by atoms with E-state index in [1.165, 1.54) is 135 Å². The molecule has 4 rings (SSSR count). The lowest BCUT2D eigenvalue weighted by atomic mass is 9.44. The highest BCUT2D eigenvalue weighted by molar-refractivity contribution is 5.68. The van der Waals surface area contributed by atoms with E-state index in [1.54, 1.807) is 0 Å². The molecule has 4 saturated carbocycles. The first-order valence-corrected chi connectivity index (χ1v) is 24.6. The monoisotopic (exact) mass is 785 g/mol. The van der Waals surface area contributed by atoms with Gasteiger partial charge in [-0.05, 0) is 116 Å². The second-order valence-corrected chi connectivity index (χ2v) is 22.0. The van der Waals surface area contributed by atoms with Crippen LogP contribution in [0.2, 0.25) is 0 Å². The fourth-order valence-electron chi connectivity index (χ4n) is 13.0. The highest BCUT2D eigenvalue weighted by atomic mass is 16.5. The van der Waals surface area contributed by atoms with Crippen molar-refractivity contribution in [2.75, 3.05) is 6.61 Å². The first-order chi connectivity index (χ1) is 26.6. The van der Waals surface area contributed by atoms with Crippen LogP contribution in [0.1, 0.15) is 235 Å². The highest BCUT2D eigenvalue weighted by Crippen LogP contribution is 2.64. The summed E-state index contributed by atoms with van der Waals surface area (Å²) in [6.45, 7) is 19.4. The van der Waals surface area contributed by atoms with E-state index in [9.17, 15) is 14.7 Å². The Kier molecular flexibility index (Phi) is 18.7. The van der Waals surface area contributed by atoms with Gasteiger partial charge < -0.3 is 20.5 Å². The zero-order valence-electron chi connectivity index (χ0n) is 38.2. The number of amides is 2.